The number of fused-ring (bicyclic) bond motifs is 1. The predicted molar refractivity (Wildman–Crippen MR) is 56.7 cm³/mol. The van der Waals surface area contributed by atoms with Crippen LogP contribution >= 0.6 is 0 Å². The fourth-order valence-electron chi connectivity index (χ4n) is 1.82. The molecule has 0 atom stereocenters. The summed E-state index contributed by atoms with van der Waals surface area (Å²) in [7, 11) is 0. The van der Waals surface area contributed by atoms with Crippen molar-refractivity contribution in [2.24, 2.45) is 5.92 Å². The molecule has 1 aliphatic rings. The summed E-state index contributed by atoms with van der Waals surface area (Å²) in [4.78, 5) is 11.3. The van der Waals surface area contributed by atoms with Gasteiger partial charge in [-0.2, -0.15) is 0 Å². The van der Waals surface area contributed by atoms with Crippen LogP contribution in [0, 0.1) is 5.92 Å². The first-order chi connectivity index (χ1) is 7.43. The number of H-pyrrole nitrogens is 1. The van der Waals surface area contributed by atoms with E-state index >= 15 is 0 Å². The van der Waals surface area contributed by atoms with Crippen LogP contribution < -0.4 is 4.74 Å². The van der Waals surface area contributed by atoms with Crippen LogP contribution in [-0.4, -0.2) is 21.6 Å². The quantitative estimate of drug-likeness (QED) is 0.831. The monoisotopic (exact) mass is 203 g/mol. The molecule has 1 fully saturated rings. The molecule has 15 heavy (non-hydrogen) atoms. The van der Waals surface area contributed by atoms with E-state index in [9.17, 15) is 0 Å². The Kier molecular flexibility index (Phi) is 2.05. The molecule has 4 nitrogen and oxygen atoms in total. The minimum atomic E-state index is 0.702. The Morgan fingerprint density at radius 3 is 3.13 bits per heavy atom. The maximum atomic E-state index is 5.71. The van der Waals surface area contributed by atoms with Crippen molar-refractivity contribution in [2.75, 3.05) is 6.61 Å². The lowest BCUT2D eigenvalue weighted by molar-refractivity contribution is 0.177. The number of nitrogens with one attached hydrogen (secondary N) is 1. The van der Waals surface area contributed by atoms with Gasteiger partial charge in [-0.1, -0.05) is 6.42 Å². The molecule has 2 aromatic heterocycles. The van der Waals surface area contributed by atoms with Gasteiger partial charge in [0, 0.05) is 6.20 Å². The minimum Gasteiger partial charge on any atom is -0.477 e. The van der Waals surface area contributed by atoms with Crippen molar-refractivity contribution in [3.05, 3.63) is 18.6 Å². The minimum absolute atomic E-state index is 0.702. The Morgan fingerprint density at radius 2 is 2.33 bits per heavy atom. The molecule has 3 rings (SSSR count). The van der Waals surface area contributed by atoms with E-state index in [1.807, 2.05) is 12.3 Å². The molecule has 0 aliphatic heterocycles. The molecule has 2 heterocycles. The normalized spacial score (nSPS) is 16.5. The van der Waals surface area contributed by atoms with Crippen LogP contribution in [0.15, 0.2) is 18.6 Å². The van der Waals surface area contributed by atoms with Gasteiger partial charge in [0.2, 0.25) is 5.88 Å². The third-order valence-corrected chi connectivity index (χ3v) is 3.00. The van der Waals surface area contributed by atoms with Gasteiger partial charge in [-0.15, -0.1) is 0 Å². The average molecular weight is 203 g/mol. The van der Waals surface area contributed by atoms with Crippen LogP contribution in [0.1, 0.15) is 19.3 Å². The third kappa shape index (κ3) is 1.56. The Morgan fingerprint density at radius 1 is 1.40 bits per heavy atom. The molecule has 1 N–H and O–H groups in total. The topological polar surface area (TPSA) is 50.8 Å². The smallest absolute Gasteiger partial charge is 0.226 e. The van der Waals surface area contributed by atoms with E-state index < -0.39 is 0 Å². The molecule has 1 saturated carbocycles. The predicted octanol–water partition coefficient (Wildman–Crippen LogP) is 2.14. The number of hydrogen-bond acceptors (Lipinski definition) is 3. The lowest BCUT2D eigenvalue weighted by atomic mass is 9.86. The molecule has 0 saturated heterocycles. The Labute approximate surface area is 87.7 Å². The van der Waals surface area contributed by atoms with E-state index in [-0.39, 0.29) is 0 Å². The summed E-state index contributed by atoms with van der Waals surface area (Å²) in [5.74, 6) is 1.43. The van der Waals surface area contributed by atoms with Crippen molar-refractivity contribution < 1.29 is 4.74 Å². The molecule has 0 spiro atoms. The molecule has 0 radical (unpaired) electrons. The van der Waals surface area contributed by atoms with E-state index in [2.05, 4.69) is 15.0 Å². The highest BCUT2D eigenvalue weighted by Gasteiger charge is 2.18. The van der Waals surface area contributed by atoms with Gasteiger partial charge < -0.3 is 9.72 Å². The van der Waals surface area contributed by atoms with E-state index in [1.54, 1.807) is 0 Å². The standard InChI is InChI=1S/C11H13N3O/c1-2-8(3-1)6-15-11-9-4-5-12-10(9)13-7-14-11/h4-5,7-8H,1-3,6H2,(H,12,13,14). The average Bonchev–Trinajstić information content (AvgIpc) is 2.63. The summed E-state index contributed by atoms with van der Waals surface area (Å²) < 4.78 is 5.71. The highest BCUT2D eigenvalue weighted by atomic mass is 16.5. The summed E-state index contributed by atoms with van der Waals surface area (Å²) in [6.07, 6.45) is 7.32. The number of rotatable bonds is 3. The van der Waals surface area contributed by atoms with E-state index in [1.165, 1.54) is 25.6 Å². The lowest BCUT2D eigenvalue weighted by Gasteiger charge is -2.24. The van der Waals surface area contributed by atoms with Crippen molar-refractivity contribution in [3.63, 3.8) is 0 Å². The highest BCUT2D eigenvalue weighted by Crippen LogP contribution is 2.28. The van der Waals surface area contributed by atoms with Crippen molar-refractivity contribution in [3.8, 4) is 5.88 Å². The van der Waals surface area contributed by atoms with Crippen LogP contribution in [0.4, 0.5) is 0 Å². The van der Waals surface area contributed by atoms with Gasteiger partial charge in [-0.05, 0) is 24.8 Å². The molecule has 78 valence electrons. The van der Waals surface area contributed by atoms with E-state index in [0.29, 0.717) is 5.88 Å². The lowest BCUT2D eigenvalue weighted by Crippen LogP contribution is -2.19. The molecule has 2 aromatic rings. The summed E-state index contributed by atoms with van der Waals surface area (Å²) >= 11 is 0. The van der Waals surface area contributed by atoms with E-state index in [0.717, 1.165) is 23.6 Å². The second-order valence-electron chi connectivity index (χ2n) is 4.03. The SMILES string of the molecule is c1nc(OCC2CCC2)c2cc[nH]c2n1. The van der Waals surface area contributed by atoms with Crippen molar-refractivity contribution in [2.45, 2.75) is 19.3 Å². The molecular weight excluding hydrogens is 190 g/mol. The summed E-state index contributed by atoms with van der Waals surface area (Å²) in [5, 5.41) is 0.969. The van der Waals surface area contributed by atoms with Gasteiger partial charge in [-0.25, -0.2) is 9.97 Å². The maximum absolute atomic E-state index is 5.71. The van der Waals surface area contributed by atoms with Gasteiger partial charge in [0.25, 0.3) is 0 Å². The third-order valence-electron chi connectivity index (χ3n) is 3.00. The van der Waals surface area contributed by atoms with Crippen LogP contribution in [0.3, 0.4) is 0 Å². The van der Waals surface area contributed by atoms with Gasteiger partial charge in [0.05, 0.1) is 12.0 Å². The zero-order valence-corrected chi connectivity index (χ0v) is 8.44. The zero-order valence-electron chi connectivity index (χ0n) is 8.44. The van der Waals surface area contributed by atoms with E-state index in [4.69, 9.17) is 4.74 Å². The number of hydrogen-bond donors (Lipinski definition) is 1. The number of aromatic amines is 1. The first-order valence-electron chi connectivity index (χ1n) is 5.34. The second-order valence-corrected chi connectivity index (χ2v) is 4.03. The molecule has 0 bridgehead atoms. The largest absolute Gasteiger partial charge is 0.477 e. The zero-order chi connectivity index (χ0) is 10.1. The fourth-order valence-corrected chi connectivity index (χ4v) is 1.82. The molecule has 4 heteroatoms. The molecular formula is C11H13N3O. The number of nitrogens with zero attached hydrogens (tertiary/aromatic N) is 2. The van der Waals surface area contributed by atoms with Crippen LogP contribution in [0.25, 0.3) is 11.0 Å². The molecule has 1 aliphatic carbocycles. The summed E-state index contributed by atoms with van der Waals surface area (Å²) in [6, 6.07) is 1.95. The van der Waals surface area contributed by atoms with Crippen molar-refractivity contribution in [1.29, 1.82) is 0 Å². The Bertz CT molecular complexity index is 462. The van der Waals surface area contributed by atoms with Gasteiger partial charge in [-0.3, -0.25) is 0 Å². The first-order valence-corrected chi connectivity index (χ1v) is 5.34. The fraction of sp³-hybridized carbons (Fsp3) is 0.455. The van der Waals surface area contributed by atoms with Crippen LogP contribution in [0.5, 0.6) is 5.88 Å². The maximum Gasteiger partial charge on any atom is 0.226 e. The van der Waals surface area contributed by atoms with Crippen LogP contribution in [-0.2, 0) is 0 Å². The summed E-state index contributed by atoms with van der Waals surface area (Å²) in [5.41, 5.74) is 0.841. The molecule has 0 aromatic carbocycles. The van der Waals surface area contributed by atoms with Gasteiger partial charge in [0.15, 0.2) is 0 Å². The van der Waals surface area contributed by atoms with Crippen molar-refractivity contribution >= 4 is 11.0 Å². The second kappa shape index (κ2) is 3.53. The summed E-state index contributed by atoms with van der Waals surface area (Å²) in [6.45, 7) is 0.789. The molecule has 0 unspecified atom stereocenters. The highest BCUT2D eigenvalue weighted by molar-refractivity contribution is 5.80. The van der Waals surface area contributed by atoms with Gasteiger partial charge in [0.1, 0.15) is 12.0 Å². The van der Waals surface area contributed by atoms with Crippen molar-refractivity contribution in [1.82, 2.24) is 15.0 Å². The number of aromatic nitrogens is 3. The van der Waals surface area contributed by atoms with Crippen LogP contribution in [0.2, 0.25) is 0 Å². The first kappa shape index (κ1) is 8.71. The number of ether oxygens (including phenoxy) is 1. The molecule has 0 amide bonds. The Balaban J connectivity index is 1.80. The van der Waals surface area contributed by atoms with Gasteiger partial charge >= 0.3 is 0 Å². The Hall–Kier alpha value is -1.58.